The van der Waals surface area contributed by atoms with E-state index in [0.29, 0.717) is 5.02 Å². The quantitative estimate of drug-likeness (QED) is 0.357. The standard InChI is InChI=1S/C28H25ClO/c1-27(2)23-10-6-5-8-19(23)22-15-14-18(21-9-7-11-24(27)26(21)22)20-13-12-17(29)16-25(20)28(3,4)30/h5-16,30H,1-4H3. The highest BCUT2D eigenvalue weighted by Gasteiger charge is 2.33. The second-order valence-electron chi connectivity index (χ2n) is 9.31. The van der Waals surface area contributed by atoms with Crippen molar-refractivity contribution in [1.29, 1.82) is 0 Å². The Balaban J connectivity index is 1.90. The van der Waals surface area contributed by atoms with E-state index in [0.717, 1.165) is 16.7 Å². The highest BCUT2D eigenvalue weighted by molar-refractivity contribution is 6.30. The van der Waals surface area contributed by atoms with Crippen molar-refractivity contribution >= 4 is 22.4 Å². The summed E-state index contributed by atoms with van der Waals surface area (Å²) in [5.74, 6) is 0. The maximum Gasteiger partial charge on any atom is 0.0847 e. The largest absolute Gasteiger partial charge is 0.386 e. The molecule has 4 aromatic rings. The number of benzene rings is 4. The van der Waals surface area contributed by atoms with Crippen molar-refractivity contribution < 1.29 is 5.11 Å². The van der Waals surface area contributed by atoms with Crippen molar-refractivity contribution in [3.8, 4) is 22.3 Å². The Bertz CT molecular complexity index is 1310. The average Bonchev–Trinajstić information content (AvgIpc) is 2.71. The predicted molar refractivity (Wildman–Crippen MR) is 127 cm³/mol. The van der Waals surface area contributed by atoms with E-state index >= 15 is 0 Å². The van der Waals surface area contributed by atoms with Gasteiger partial charge in [0.2, 0.25) is 0 Å². The summed E-state index contributed by atoms with van der Waals surface area (Å²) in [5.41, 5.74) is 7.19. The van der Waals surface area contributed by atoms with E-state index in [-0.39, 0.29) is 5.41 Å². The van der Waals surface area contributed by atoms with Crippen molar-refractivity contribution in [3.05, 3.63) is 94.5 Å². The van der Waals surface area contributed by atoms with Crippen LogP contribution in [-0.4, -0.2) is 5.11 Å². The van der Waals surface area contributed by atoms with Gasteiger partial charge in [-0.25, -0.2) is 0 Å². The molecule has 30 heavy (non-hydrogen) atoms. The van der Waals surface area contributed by atoms with Crippen LogP contribution in [0.3, 0.4) is 0 Å². The SMILES string of the molecule is CC(C)(O)c1cc(Cl)ccc1-c1ccc2c3c(cccc13)C(C)(C)c1ccccc1-2. The van der Waals surface area contributed by atoms with Gasteiger partial charge in [-0.1, -0.05) is 86.1 Å². The molecule has 0 saturated carbocycles. The molecule has 0 radical (unpaired) electrons. The van der Waals surface area contributed by atoms with Crippen LogP contribution in [0.15, 0.2) is 72.8 Å². The van der Waals surface area contributed by atoms with Crippen LogP contribution in [0, 0.1) is 0 Å². The Morgan fingerprint density at radius 2 is 1.40 bits per heavy atom. The van der Waals surface area contributed by atoms with Crippen molar-refractivity contribution in [2.75, 3.05) is 0 Å². The fourth-order valence-electron chi connectivity index (χ4n) is 5.05. The minimum atomic E-state index is -0.994. The third-order valence-corrected chi connectivity index (χ3v) is 6.77. The maximum absolute atomic E-state index is 10.8. The van der Waals surface area contributed by atoms with Gasteiger partial charge in [-0.05, 0) is 75.7 Å². The Labute approximate surface area is 183 Å². The highest BCUT2D eigenvalue weighted by atomic mass is 35.5. The van der Waals surface area contributed by atoms with Crippen LogP contribution in [0.25, 0.3) is 33.0 Å². The van der Waals surface area contributed by atoms with E-state index in [1.54, 1.807) is 0 Å². The molecule has 0 bridgehead atoms. The van der Waals surface area contributed by atoms with Gasteiger partial charge in [-0.15, -0.1) is 0 Å². The summed E-state index contributed by atoms with van der Waals surface area (Å²) in [4.78, 5) is 0. The summed E-state index contributed by atoms with van der Waals surface area (Å²) in [6.07, 6.45) is 0. The molecule has 1 N–H and O–H groups in total. The molecule has 150 valence electrons. The molecule has 0 spiro atoms. The zero-order valence-corrected chi connectivity index (χ0v) is 18.5. The lowest BCUT2D eigenvalue weighted by Gasteiger charge is -2.35. The van der Waals surface area contributed by atoms with Crippen LogP contribution in [-0.2, 0) is 11.0 Å². The minimum Gasteiger partial charge on any atom is -0.386 e. The average molecular weight is 413 g/mol. The second-order valence-corrected chi connectivity index (χ2v) is 9.74. The third kappa shape index (κ3) is 2.73. The molecule has 2 heteroatoms. The van der Waals surface area contributed by atoms with Gasteiger partial charge in [-0.3, -0.25) is 0 Å². The van der Waals surface area contributed by atoms with Crippen LogP contribution >= 0.6 is 11.6 Å². The van der Waals surface area contributed by atoms with Gasteiger partial charge in [0.05, 0.1) is 5.60 Å². The zero-order chi connectivity index (χ0) is 21.3. The Morgan fingerprint density at radius 3 is 2.17 bits per heavy atom. The Morgan fingerprint density at radius 1 is 0.733 bits per heavy atom. The summed E-state index contributed by atoms with van der Waals surface area (Å²) in [6.45, 7) is 8.24. The summed E-state index contributed by atoms with van der Waals surface area (Å²) < 4.78 is 0. The van der Waals surface area contributed by atoms with Gasteiger partial charge in [0, 0.05) is 10.4 Å². The molecule has 0 aliphatic heterocycles. The van der Waals surface area contributed by atoms with Gasteiger partial charge >= 0.3 is 0 Å². The van der Waals surface area contributed by atoms with Gasteiger partial charge in [0.1, 0.15) is 0 Å². The van der Waals surface area contributed by atoms with Crippen LogP contribution < -0.4 is 0 Å². The first-order chi connectivity index (χ1) is 14.2. The molecule has 5 rings (SSSR count). The van der Waals surface area contributed by atoms with Crippen molar-refractivity contribution in [2.45, 2.75) is 38.7 Å². The number of aliphatic hydroxyl groups is 1. The third-order valence-electron chi connectivity index (χ3n) is 6.54. The van der Waals surface area contributed by atoms with Crippen molar-refractivity contribution in [1.82, 2.24) is 0 Å². The zero-order valence-electron chi connectivity index (χ0n) is 17.8. The number of hydrogen-bond acceptors (Lipinski definition) is 1. The van der Waals surface area contributed by atoms with Gasteiger partial charge in [-0.2, -0.15) is 0 Å². The first-order valence-corrected chi connectivity index (χ1v) is 10.8. The molecule has 0 atom stereocenters. The summed E-state index contributed by atoms with van der Waals surface area (Å²) in [5, 5.41) is 14.0. The molecule has 1 aliphatic carbocycles. The molecule has 0 unspecified atom stereocenters. The minimum absolute atomic E-state index is 0.0825. The van der Waals surface area contributed by atoms with E-state index < -0.39 is 5.60 Å². The van der Waals surface area contributed by atoms with E-state index in [4.69, 9.17) is 11.6 Å². The lowest BCUT2D eigenvalue weighted by Crippen LogP contribution is -2.23. The first-order valence-electron chi connectivity index (χ1n) is 10.4. The summed E-state index contributed by atoms with van der Waals surface area (Å²) in [7, 11) is 0. The second kappa shape index (κ2) is 6.44. The fraction of sp³-hybridized carbons (Fsp3) is 0.214. The topological polar surface area (TPSA) is 20.2 Å². The number of rotatable bonds is 2. The van der Waals surface area contributed by atoms with Crippen LogP contribution in [0.5, 0.6) is 0 Å². The molecule has 1 nitrogen and oxygen atoms in total. The lowest BCUT2D eigenvalue weighted by atomic mass is 9.68. The van der Waals surface area contributed by atoms with E-state index in [9.17, 15) is 5.11 Å². The first kappa shape index (κ1) is 19.4. The molecular formula is C28H25ClO. The number of fused-ring (bicyclic) bond motifs is 2. The molecule has 4 aromatic carbocycles. The van der Waals surface area contributed by atoms with Crippen LogP contribution in [0.4, 0.5) is 0 Å². The number of halogens is 1. The van der Waals surface area contributed by atoms with Gasteiger partial charge < -0.3 is 5.11 Å². The number of hydrogen-bond donors (Lipinski definition) is 1. The molecular weight excluding hydrogens is 388 g/mol. The molecule has 0 aromatic heterocycles. The van der Waals surface area contributed by atoms with Gasteiger partial charge in [0.25, 0.3) is 0 Å². The molecule has 0 fully saturated rings. The van der Waals surface area contributed by atoms with Gasteiger partial charge in [0.15, 0.2) is 0 Å². The maximum atomic E-state index is 10.8. The molecule has 1 aliphatic rings. The Kier molecular flexibility index (Phi) is 4.16. The Hall–Kier alpha value is -2.61. The van der Waals surface area contributed by atoms with E-state index in [1.807, 2.05) is 32.0 Å². The van der Waals surface area contributed by atoms with E-state index in [1.165, 1.54) is 33.0 Å². The molecule has 0 heterocycles. The summed E-state index contributed by atoms with van der Waals surface area (Å²) in [6, 6.07) is 25.6. The predicted octanol–water partition coefficient (Wildman–Crippen LogP) is 7.69. The van der Waals surface area contributed by atoms with Crippen LogP contribution in [0.1, 0.15) is 44.4 Å². The molecule has 0 saturated heterocycles. The normalized spacial score (nSPS) is 14.6. The highest BCUT2D eigenvalue weighted by Crippen LogP contribution is 2.50. The smallest absolute Gasteiger partial charge is 0.0847 e. The van der Waals surface area contributed by atoms with Crippen LogP contribution in [0.2, 0.25) is 5.02 Å². The monoisotopic (exact) mass is 412 g/mol. The van der Waals surface area contributed by atoms with Crippen molar-refractivity contribution in [2.24, 2.45) is 0 Å². The van der Waals surface area contributed by atoms with Crippen molar-refractivity contribution in [3.63, 3.8) is 0 Å². The summed E-state index contributed by atoms with van der Waals surface area (Å²) >= 11 is 6.29. The molecule has 0 amide bonds. The lowest BCUT2D eigenvalue weighted by molar-refractivity contribution is 0.0792. The fourth-order valence-corrected chi connectivity index (χ4v) is 5.22. The van der Waals surface area contributed by atoms with E-state index in [2.05, 4.69) is 68.4 Å².